The molecule has 0 saturated carbocycles. The Bertz CT molecular complexity index is 560. The van der Waals surface area contributed by atoms with Crippen LogP contribution in [0.2, 0.25) is 10.0 Å². The highest BCUT2D eigenvalue weighted by atomic mass is 35.5. The van der Waals surface area contributed by atoms with Gasteiger partial charge in [-0.25, -0.2) is 4.98 Å². The van der Waals surface area contributed by atoms with Gasteiger partial charge in [0, 0.05) is 21.7 Å². The van der Waals surface area contributed by atoms with Crippen molar-refractivity contribution in [3.63, 3.8) is 0 Å². The van der Waals surface area contributed by atoms with Crippen LogP contribution in [0, 0.1) is 0 Å². The van der Waals surface area contributed by atoms with Crippen LogP contribution < -0.4 is 0 Å². The topological polar surface area (TPSA) is 33.1 Å². The number of rotatable bonds is 3. The van der Waals surface area contributed by atoms with Gasteiger partial charge >= 0.3 is 0 Å². The number of aromatic nitrogens is 1. The average molecular weight is 300 g/mol. The maximum absolute atomic E-state index is 9.69. The maximum Gasteiger partial charge on any atom is 0.107 e. The van der Waals surface area contributed by atoms with Crippen molar-refractivity contribution in [1.29, 1.82) is 0 Å². The summed E-state index contributed by atoms with van der Waals surface area (Å²) in [4.78, 5) is 5.09. The highest BCUT2D eigenvalue weighted by Crippen LogP contribution is 2.36. The molecule has 0 bridgehead atoms. The van der Waals surface area contributed by atoms with Crippen LogP contribution in [-0.4, -0.2) is 10.1 Å². The molecule has 0 saturated heterocycles. The van der Waals surface area contributed by atoms with E-state index in [1.807, 2.05) is 6.07 Å². The van der Waals surface area contributed by atoms with E-state index in [2.05, 4.69) is 4.98 Å². The minimum atomic E-state index is -0.570. The fraction of sp³-hybridized carbons (Fsp3) is 0.154. The Labute approximate surface area is 120 Å². The summed E-state index contributed by atoms with van der Waals surface area (Å²) < 4.78 is 0. The van der Waals surface area contributed by atoms with E-state index >= 15 is 0 Å². The van der Waals surface area contributed by atoms with Gasteiger partial charge in [0.05, 0.1) is 11.1 Å². The molecule has 94 valence electrons. The third kappa shape index (κ3) is 3.18. The second kappa shape index (κ2) is 5.93. The van der Waals surface area contributed by atoms with Crippen molar-refractivity contribution >= 4 is 35.0 Å². The van der Waals surface area contributed by atoms with E-state index in [1.54, 1.807) is 37.4 Å². The average Bonchev–Trinajstić information content (AvgIpc) is 2.34. The third-order valence-corrected chi connectivity index (χ3v) is 4.12. The van der Waals surface area contributed by atoms with E-state index in [4.69, 9.17) is 23.2 Å². The van der Waals surface area contributed by atoms with Gasteiger partial charge in [0.2, 0.25) is 0 Å². The fourth-order valence-corrected chi connectivity index (χ4v) is 2.97. The van der Waals surface area contributed by atoms with Crippen molar-refractivity contribution in [3.8, 4) is 0 Å². The lowest BCUT2D eigenvalue weighted by Gasteiger charge is -2.11. The summed E-state index contributed by atoms with van der Waals surface area (Å²) in [5, 5.41) is 11.7. The van der Waals surface area contributed by atoms with Gasteiger partial charge in [-0.05, 0) is 31.2 Å². The van der Waals surface area contributed by atoms with E-state index in [1.165, 1.54) is 11.8 Å². The number of aliphatic hydroxyl groups is 1. The summed E-state index contributed by atoms with van der Waals surface area (Å²) in [6.45, 7) is 1.71. The van der Waals surface area contributed by atoms with Crippen molar-refractivity contribution in [3.05, 3.63) is 52.1 Å². The summed E-state index contributed by atoms with van der Waals surface area (Å²) in [5.74, 6) is 0. The smallest absolute Gasteiger partial charge is 0.107 e. The molecule has 1 N–H and O–H groups in total. The second-order valence-corrected chi connectivity index (χ2v) is 5.62. The summed E-state index contributed by atoms with van der Waals surface area (Å²) in [7, 11) is 0. The third-order valence-electron chi connectivity index (χ3n) is 2.35. The van der Waals surface area contributed by atoms with Crippen molar-refractivity contribution in [2.75, 3.05) is 0 Å². The van der Waals surface area contributed by atoms with Crippen molar-refractivity contribution in [1.82, 2.24) is 4.98 Å². The van der Waals surface area contributed by atoms with E-state index in [0.29, 0.717) is 10.0 Å². The highest BCUT2D eigenvalue weighted by molar-refractivity contribution is 7.99. The minimum absolute atomic E-state index is 0.570. The molecule has 1 atom stereocenters. The Morgan fingerprint density at radius 1 is 1.28 bits per heavy atom. The van der Waals surface area contributed by atoms with Crippen LogP contribution in [0.15, 0.2) is 46.5 Å². The van der Waals surface area contributed by atoms with Crippen LogP contribution in [0.1, 0.15) is 18.6 Å². The Kier molecular flexibility index (Phi) is 4.51. The van der Waals surface area contributed by atoms with Crippen LogP contribution in [0.4, 0.5) is 0 Å². The van der Waals surface area contributed by atoms with Gasteiger partial charge in [-0.3, -0.25) is 0 Å². The van der Waals surface area contributed by atoms with Gasteiger partial charge in [-0.2, -0.15) is 0 Å². The number of nitrogens with zero attached hydrogens (tertiary/aromatic N) is 1. The Hall–Kier alpha value is -0.740. The summed E-state index contributed by atoms with van der Waals surface area (Å²) in [5.41, 5.74) is 0.776. The highest BCUT2D eigenvalue weighted by Gasteiger charge is 2.12. The van der Waals surface area contributed by atoms with Crippen LogP contribution >= 0.6 is 35.0 Å². The molecule has 1 heterocycles. The molecule has 0 radical (unpaired) electrons. The van der Waals surface area contributed by atoms with Gasteiger partial charge in [-0.1, -0.05) is 41.0 Å². The van der Waals surface area contributed by atoms with Gasteiger partial charge in [0.1, 0.15) is 5.03 Å². The summed E-state index contributed by atoms with van der Waals surface area (Å²) >= 11 is 13.4. The molecular weight excluding hydrogens is 289 g/mol. The molecule has 1 unspecified atom stereocenters. The molecular formula is C13H11Cl2NOS. The first-order chi connectivity index (χ1) is 8.58. The maximum atomic E-state index is 9.69. The minimum Gasteiger partial charge on any atom is -0.389 e. The number of halogens is 2. The predicted octanol–water partition coefficient (Wildman–Crippen LogP) is 4.59. The Balaban J connectivity index is 2.37. The zero-order valence-electron chi connectivity index (χ0n) is 9.60. The molecule has 5 heteroatoms. The fourth-order valence-electron chi connectivity index (χ4n) is 1.47. The molecule has 0 fully saturated rings. The Morgan fingerprint density at radius 3 is 2.78 bits per heavy atom. The quantitative estimate of drug-likeness (QED) is 0.899. The standard InChI is InChI=1S/C13H11Cl2NOS/c1-8(17)10-3-2-6-16-13(10)18-12-7-9(14)4-5-11(12)15/h2-8,17H,1H3. The molecule has 0 spiro atoms. The molecule has 0 aliphatic heterocycles. The predicted molar refractivity (Wildman–Crippen MR) is 75.5 cm³/mol. The molecule has 18 heavy (non-hydrogen) atoms. The molecule has 1 aromatic carbocycles. The van der Waals surface area contributed by atoms with Crippen molar-refractivity contribution in [2.24, 2.45) is 0 Å². The number of hydrogen-bond donors (Lipinski definition) is 1. The number of benzene rings is 1. The zero-order valence-corrected chi connectivity index (χ0v) is 11.9. The lowest BCUT2D eigenvalue weighted by molar-refractivity contribution is 0.195. The van der Waals surface area contributed by atoms with Crippen LogP contribution in [0.5, 0.6) is 0 Å². The zero-order chi connectivity index (χ0) is 13.1. The summed E-state index contributed by atoms with van der Waals surface area (Å²) in [6.07, 6.45) is 1.12. The van der Waals surface area contributed by atoms with Gasteiger partial charge in [0.15, 0.2) is 0 Å². The van der Waals surface area contributed by atoms with Crippen molar-refractivity contribution < 1.29 is 5.11 Å². The van der Waals surface area contributed by atoms with Crippen LogP contribution in [0.25, 0.3) is 0 Å². The first-order valence-corrected chi connectivity index (χ1v) is 6.91. The molecule has 0 aliphatic rings. The molecule has 0 amide bonds. The molecule has 2 nitrogen and oxygen atoms in total. The number of aliphatic hydroxyl groups excluding tert-OH is 1. The lowest BCUT2D eigenvalue weighted by atomic mass is 10.2. The molecule has 0 aliphatic carbocycles. The van der Waals surface area contributed by atoms with E-state index in [-0.39, 0.29) is 0 Å². The van der Waals surface area contributed by atoms with E-state index in [0.717, 1.165) is 15.5 Å². The SMILES string of the molecule is CC(O)c1cccnc1Sc1cc(Cl)ccc1Cl. The number of pyridine rings is 1. The van der Waals surface area contributed by atoms with Crippen molar-refractivity contribution in [2.45, 2.75) is 22.9 Å². The largest absolute Gasteiger partial charge is 0.389 e. The van der Waals surface area contributed by atoms with Crippen LogP contribution in [-0.2, 0) is 0 Å². The van der Waals surface area contributed by atoms with Gasteiger partial charge in [-0.15, -0.1) is 0 Å². The van der Waals surface area contributed by atoms with Gasteiger partial charge in [0.25, 0.3) is 0 Å². The van der Waals surface area contributed by atoms with E-state index in [9.17, 15) is 5.11 Å². The van der Waals surface area contributed by atoms with E-state index < -0.39 is 6.10 Å². The molecule has 2 rings (SSSR count). The second-order valence-electron chi connectivity index (χ2n) is 3.75. The van der Waals surface area contributed by atoms with Crippen LogP contribution in [0.3, 0.4) is 0 Å². The molecule has 2 aromatic rings. The number of hydrogen-bond acceptors (Lipinski definition) is 3. The lowest BCUT2D eigenvalue weighted by Crippen LogP contribution is -1.95. The first-order valence-electron chi connectivity index (χ1n) is 5.34. The van der Waals surface area contributed by atoms with Gasteiger partial charge < -0.3 is 5.11 Å². The Morgan fingerprint density at radius 2 is 2.06 bits per heavy atom. The normalized spacial score (nSPS) is 12.4. The summed E-state index contributed by atoms with van der Waals surface area (Å²) in [6, 6.07) is 8.92. The first kappa shape index (κ1) is 13.7. The molecule has 1 aromatic heterocycles. The monoisotopic (exact) mass is 299 g/mol.